The second-order valence-corrected chi connectivity index (χ2v) is 9.81. The van der Waals surface area contributed by atoms with E-state index in [9.17, 15) is 13.2 Å². The van der Waals surface area contributed by atoms with Crippen molar-refractivity contribution in [1.29, 1.82) is 0 Å². The fraction of sp³-hybridized carbons (Fsp3) is 0.611. The molecule has 1 atom stereocenters. The standard InChI is InChI=1S/C18H27N3O3S/c1-14-5-7-15(8-6-14)17(22)19-9-10-21-16(11-19)12-20(25(4,23)24)13-18(21,2)3/h5-8,16H,9-13H2,1-4H3. The van der Waals surface area contributed by atoms with Crippen LogP contribution in [0.5, 0.6) is 0 Å². The van der Waals surface area contributed by atoms with Gasteiger partial charge in [-0.05, 0) is 32.9 Å². The number of piperazine rings is 2. The average molecular weight is 365 g/mol. The van der Waals surface area contributed by atoms with Crippen molar-refractivity contribution in [1.82, 2.24) is 14.1 Å². The van der Waals surface area contributed by atoms with E-state index in [1.807, 2.05) is 36.1 Å². The van der Waals surface area contributed by atoms with Crippen LogP contribution >= 0.6 is 0 Å². The van der Waals surface area contributed by atoms with E-state index in [-0.39, 0.29) is 17.5 Å². The molecule has 1 amide bonds. The smallest absolute Gasteiger partial charge is 0.253 e. The molecule has 0 bridgehead atoms. The molecule has 2 aliphatic heterocycles. The van der Waals surface area contributed by atoms with Gasteiger partial charge in [-0.25, -0.2) is 8.42 Å². The van der Waals surface area contributed by atoms with Crippen molar-refractivity contribution >= 4 is 15.9 Å². The van der Waals surface area contributed by atoms with Gasteiger partial charge in [0.15, 0.2) is 0 Å². The lowest BCUT2D eigenvalue weighted by Gasteiger charge is -2.54. The monoisotopic (exact) mass is 365 g/mol. The quantitative estimate of drug-likeness (QED) is 0.790. The summed E-state index contributed by atoms with van der Waals surface area (Å²) in [6, 6.07) is 7.63. The Bertz CT molecular complexity index is 758. The van der Waals surface area contributed by atoms with Crippen molar-refractivity contribution in [3.8, 4) is 0 Å². The molecule has 6 nitrogen and oxygen atoms in total. The third-order valence-electron chi connectivity index (χ3n) is 5.29. The first-order chi connectivity index (χ1) is 11.6. The third kappa shape index (κ3) is 3.73. The number of hydrogen-bond acceptors (Lipinski definition) is 4. The molecule has 0 radical (unpaired) electrons. The van der Waals surface area contributed by atoms with Gasteiger partial charge in [0.25, 0.3) is 5.91 Å². The molecule has 3 rings (SSSR count). The molecule has 2 heterocycles. The van der Waals surface area contributed by atoms with Crippen LogP contribution in [0.2, 0.25) is 0 Å². The van der Waals surface area contributed by atoms with E-state index < -0.39 is 10.0 Å². The molecular formula is C18H27N3O3S. The van der Waals surface area contributed by atoms with Gasteiger partial charge in [0.2, 0.25) is 10.0 Å². The molecule has 2 fully saturated rings. The summed E-state index contributed by atoms with van der Waals surface area (Å²) in [5, 5.41) is 0. The molecule has 2 aliphatic rings. The lowest BCUT2D eigenvalue weighted by atomic mass is 9.94. The van der Waals surface area contributed by atoms with Gasteiger partial charge in [0.1, 0.15) is 0 Å². The summed E-state index contributed by atoms with van der Waals surface area (Å²) in [6.45, 7) is 9.09. The van der Waals surface area contributed by atoms with Gasteiger partial charge < -0.3 is 4.90 Å². The van der Waals surface area contributed by atoms with Crippen LogP contribution in [0.1, 0.15) is 29.8 Å². The molecule has 0 aromatic heterocycles. The number of sulfonamides is 1. The largest absolute Gasteiger partial charge is 0.336 e. The van der Waals surface area contributed by atoms with E-state index in [0.717, 1.165) is 12.1 Å². The molecule has 0 spiro atoms. The number of hydrogen-bond donors (Lipinski definition) is 0. The van der Waals surface area contributed by atoms with Gasteiger partial charge in [-0.1, -0.05) is 17.7 Å². The summed E-state index contributed by atoms with van der Waals surface area (Å²) in [4.78, 5) is 17.0. The fourth-order valence-corrected chi connectivity index (χ4v) is 4.94. The Morgan fingerprint density at radius 2 is 1.76 bits per heavy atom. The van der Waals surface area contributed by atoms with Crippen LogP contribution < -0.4 is 0 Å². The molecular weight excluding hydrogens is 338 g/mol. The minimum absolute atomic E-state index is 0.0222. The van der Waals surface area contributed by atoms with Crippen LogP contribution in [0.3, 0.4) is 0 Å². The van der Waals surface area contributed by atoms with Gasteiger partial charge in [0, 0.05) is 49.9 Å². The molecule has 0 N–H and O–H groups in total. The summed E-state index contributed by atoms with van der Waals surface area (Å²) in [6.07, 6.45) is 1.26. The number of aryl methyl sites for hydroxylation is 1. The van der Waals surface area contributed by atoms with Crippen molar-refractivity contribution < 1.29 is 13.2 Å². The number of amides is 1. The summed E-state index contributed by atoms with van der Waals surface area (Å²) < 4.78 is 25.6. The molecule has 1 aromatic carbocycles. The van der Waals surface area contributed by atoms with E-state index in [4.69, 9.17) is 0 Å². The zero-order chi connectivity index (χ0) is 18.4. The SMILES string of the molecule is Cc1ccc(C(=O)N2CCN3C(C2)CN(S(C)(=O)=O)CC3(C)C)cc1. The Labute approximate surface area is 150 Å². The topological polar surface area (TPSA) is 60.9 Å². The van der Waals surface area contributed by atoms with Gasteiger partial charge in [-0.15, -0.1) is 0 Å². The molecule has 1 unspecified atom stereocenters. The minimum Gasteiger partial charge on any atom is -0.336 e. The predicted octanol–water partition coefficient (Wildman–Crippen LogP) is 1.18. The first-order valence-corrected chi connectivity index (χ1v) is 10.5. The first kappa shape index (κ1) is 18.4. The zero-order valence-corrected chi connectivity index (χ0v) is 16.2. The maximum atomic E-state index is 12.8. The van der Waals surface area contributed by atoms with Gasteiger partial charge in [-0.3, -0.25) is 9.69 Å². The normalized spacial score (nSPS) is 24.8. The van der Waals surface area contributed by atoms with Crippen LogP contribution in [-0.4, -0.2) is 79.0 Å². The second kappa shape index (κ2) is 6.37. The molecule has 0 aliphatic carbocycles. The number of nitrogens with zero attached hydrogens (tertiary/aromatic N) is 3. The molecule has 138 valence electrons. The number of carbonyl (C=O) groups is 1. The lowest BCUT2D eigenvalue weighted by Crippen LogP contribution is -2.70. The molecule has 25 heavy (non-hydrogen) atoms. The highest BCUT2D eigenvalue weighted by atomic mass is 32.2. The highest BCUT2D eigenvalue weighted by molar-refractivity contribution is 7.88. The first-order valence-electron chi connectivity index (χ1n) is 8.66. The van der Waals surface area contributed by atoms with Crippen molar-refractivity contribution in [3.05, 3.63) is 35.4 Å². The Hall–Kier alpha value is -1.44. The molecule has 2 saturated heterocycles. The zero-order valence-electron chi connectivity index (χ0n) is 15.4. The minimum atomic E-state index is -3.24. The highest BCUT2D eigenvalue weighted by Gasteiger charge is 2.45. The van der Waals surface area contributed by atoms with E-state index in [1.165, 1.54) is 6.26 Å². The lowest BCUT2D eigenvalue weighted by molar-refractivity contribution is -0.0372. The van der Waals surface area contributed by atoms with Gasteiger partial charge in [-0.2, -0.15) is 4.31 Å². The van der Waals surface area contributed by atoms with Crippen LogP contribution in [0, 0.1) is 6.92 Å². The van der Waals surface area contributed by atoms with Crippen molar-refractivity contribution in [2.24, 2.45) is 0 Å². The summed E-state index contributed by atoms with van der Waals surface area (Å²) in [5.74, 6) is 0.0222. The maximum Gasteiger partial charge on any atom is 0.253 e. The number of fused-ring (bicyclic) bond motifs is 1. The van der Waals surface area contributed by atoms with E-state index in [2.05, 4.69) is 18.7 Å². The Morgan fingerprint density at radius 3 is 2.36 bits per heavy atom. The Morgan fingerprint density at radius 1 is 1.12 bits per heavy atom. The van der Waals surface area contributed by atoms with Crippen molar-refractivity contribution in [2.45, 2.75) is 32.4 Å². The average Bonchev–Trinajstić information content (AvgIpc) is 2.53. The van der Waals surface area contributed by atoms with Crippen LogP contribution in [0.4, 0.5) is 0 Å². The Balaban J connectivity index is 1.78. The molecule has 0 saturated carbocycles. The van der Waals surface area contributed by atoms with Crippen LogP contribution in [0.15, 0.2) is 24.3 Å². The second-order valence-electron chi connectivity index (χ2n) is 7.83. The molecule has 7 heteroatoms. The highest BCUT2D eigenvalue weighted by Crippen LogP contribution is 2.29. The van der Waals surface area contributed by atoms with Gasteiger partial charge >= 0.3 is 0 Å². The van der Waals surface area contributed by atoms with Crippen molar-refractivity contribution in [2.75, 3.05) is 39.0 Å². The Kier molecular flexibility index (Phi) is 4.68. The van der Waals surface area contributed by atoms with Crippen molar-refractivity contribution in [3.63, 3.8) is 0 Å². The maximum absolute atomic E-state index is 12.8. The third-order valence-corrected chi connectivity index (χ3v) is 6.51. The van der Waals surface area contributed by atoms with Gasteiger partial charge in [0.05, 0.1) is 6.26 Å². The van der Waals surface area contributed by atoms with E-state index in [0.29, 0.717) is 31.7 Å². The number of carbonyl (C=O) groups excluding carboxylic acids is 1. The summed E-state index contributed by atoms with van der Waals surface area (Å²) >= 11 is 0. The number of benzene rings is 1. The van der Waals surface area contributed by atoms with E-state index >= 15 is 0 Å². The predicted molar refractivity (Wildman–Crippen MR) is 98.1 cm³/mol. The van der Waals surface area contributed by atoms with Crippen LogP contribution in [0.25, 0.3) is 0 Å². The van der Waals surface area contributed by atoms with E-state index in [1.54, 1.807) is 4.31 Å². The fourth-order valence-electron chi connectivity index (χ4n) is 3.95. The summed E-state index contributed by atoms with van der Waals surface area (Å²) in [5.41, 5.74) is 1.58. The number of rotatable bonds is 2. The van der Waals surface area contributed by atoms with Crippen LogP contribution in [-0.2, 0) is 10.0 Å². The molecule has 1 aromatic rings. The summed E-state index contributed by atoms with van der Waals surface area (Å²) in [7, 11) is -3.24.